The molecule has 1 aromatic rings. The predicted molar refractivity (Wildman–Crippen MR) is 88.7 cm³/mol. The molecule has 0 bridgehead atoms. The van der Waals surface area contributed by atoms with Crippen LogP contribution in [0.1, 0.15) is 31.2 Å². The molecular weight excluding hydrogens is 290 g/mol. The second-order valence-corrected chi connectivity index (χ2v) is 6.57. The van der Waals surface area contributed by atoms with Crippen molar-refractivity contribution in [2.75, 3.05) is 19.6 Å². The van der Waals surface area contributed by atoms with Crippen molar-refractivity contribution in [3.8, 4) is 0 Å². The van der Waals surface area contributed by atoms with Gasteiger partial charge in [-0.25, -0.2) is 0 Å². The summed E-state index contributed by atoms with van der Waals surface area (Å²) in [6.07, 6.45) is 3.77. The zero-order chi connectivity index (χ0) is 16.2. The highest BCUT2D eigenvalue weighted by atomic mass is 16.2. The van der Waals surface area contributed by atoms with E-state index < -0.39 is 0 Å². The smallest absolute Gasteiger partial charge is 0.245 e. The third kappa shape index (κ3) is 3.72. The Kier molecular flexibility index (Phi) is 4.96. The van der Waals surface area contributed by atoms with E-state index in [9.17, 15) is 9.59 Å². The number of piperidine rings is 1. The third-order valence-electron chi connectivity index (χ3n) is 4.91. The summed E-state index contributed by atoms with van der Waals surface area (Å²) < 4.78 is 0. The molecule has 5 heteroatoms. The molecular formula is C18H25N3O2. The Bertz CT molecular complexity index is 553. The number of hydrogen-bond donors (Lipinski definition) is 1. The van der Waals surface area contributed by atoms with E-state index in [1.807, 2.05) is 35.2 Å². The van der Waals surface area contributed by atoms with Gasteiger partial charge in [0.1, 0.15) is 6.04 Å². The van der Waals surface area contributed by atoms with Crippen LogP contribution in [0.25, 0.3) is 0 Å². The van der Waals surface area contributed by atoms with Crippen LogP contribution in [0.15, 0.2) is 30.3 Å². The van der Waals surface area contributed by atoms with Crippen LogP contribution in [-0.2, 0) is 16.0 Å². The topological polar surface area (TPSA) is 66.6 Å². The molecule has 2 fully saturated rings. The van der Waals surface area contributed by atoms with Crippen LogP contribution in [0, 0.1) is 0 Å². The highest BCUT2D eigenvalue weighted by molar-refractivity contribution is 5.89. The third-order valence-corrected chi connectivity index (χ3v) is 4.91. The summed E-state index contributed by atoms with van der Waals surface area (Å²) in [6.45, 7) is 2.13. The first-order chi connectivity index (χ1) is 11.1. The number of likely N-dealkylation sites (tertiary alicyclic amines) is 2. The summed E-state index contributed by atoms with van der Waals surface area (Å²) in [6, 6.07) is 9.66. The van der Waals surface area contributed by atoms with Gasteiger partial charge in [0.15, 0.2) is 0 Å². The number of benzene rings is 1. The largest absolute Gasteiger partial charge is 0.341 e. The summed E-state index contributed by atoms with van der Waals surface area (Å²) >= 11 is 0. The van der Waals surface area contributed by atoms with Crippen LogP contribution in [-0.4, -0.2) is 53.3 Å². The SMILES string of the molecule is NC1CCN(C(=O)C2CCCN2C(=O)Cc2ccccc2)CC1. The molecule has 0 saturated carbocycles. The minimum atomic E-state index is -0.277. The number of carbonyl (C=O) groups excluding carboxylic acids is 2. The Hall–Kier alpha value is -1.88. The van der Waals surface area contributed by atoms with E-state index in [-0.39, 0.29) is 23.9 Å². The average Bonchev–Trinajstić information content (AvgIpc) is 3.05. The molecule has 2 aliphatic heterocycles. The van der Waals surface area contributed by atoms with Crippen molar-refractivity contribution in [2.24, 2.45) is 5.73 Å². The Morgan fingerprint density at radius 1 is 1.04 bits per heavy atom. The highest BCUT2D eigenvalue weighted by Crippen LogP contribution is 2.22. The molecule has 3 rings (SSSR count). The second-order valence-electron chi connectivity index (χ2n) is 6.57. The van der Waals surface area contributed by atoms with Gasteiger partial charge in [-0.1, -0.05) is 30.3 Å². The summed E-state index contributed by atoms with van der Waals surface area (Å²) in [4.78, 5) is 29.0. The molecule has 23 heavy (non-hydrogen) atoms. The van der Waals surface area contributed by atoms with Gasteiger partial charge in [-0.05, 0) is 31.2 Å². The molecule has 2 N–H and O–H groups in total. The Morgan fingerprint density at radius 2 is 1.74 bits per heavy atom. The summed E-state index contributed by atoms with van der Waals surface area (Å²) in [5, 5.41) is 0. The number of carbonyl (C=O) groups is 2. The lowest BCUT2D eigenvalue weighted by atomic mass is 10.0. The van der Waals surface area contributed by atoms with Gasteiger partial charge >= 0.3 is 0 Å². The fourth-order valence-corrected chi connectivity index (χ4v) is 3.52. The monoisotopic (exact) mass is 315 g/mol. The highest BCUT2D eigenvalue weighted by Gasteiger charge is 2.37. The van der Waals surface area contributed by atoms with E-state index in [2.05, 4.69) is 0 Å². The fourth-order valence-electron chi connectivity index (χ4n) is 3.52. The van der Waals surface area contributed by atoms with Gasteiger partial charge in [-0.2, -0.15) is 0 Å². The van der Waals surface area contributed by atoms with Gasteiger partial charge < -0.3 is 15.5 Å². The zero-order valence-electron chi connectivity index (χ0n) is 13.5. The van der Waals surface area contributed by atoms with Crippen molar-refractivity contribution in [3.63, 3.8) is 0 Å². The Morgan fingerprint density at radius 3 is 2.43 bits per heavy atom. The maximum absolute atomic E-state index is 12.8. The predicted octanol–water partition coefficient (Wildman–Crippen LogP) is 1.17. The van der Waals surface area contributed by atoms with Crippen molar-refractivity contribution >= 4 is 11.8 Å². The first kappa shape index (κ1) is 16.0. The van der Waals surface area contributed by atoms with Crippen LogP contribution < -0.4 is 5.73 Å². The molecule has 0 spiro atoms. The van der Waals surface area contributed by atoms with Crippen molar-refractivity contribution < 1.29 is 9.59 Å². The van der Waals surface area contributed by atoms with E-state index in [1.165, 1.54) is 0 Å². The van der Waals surface area contributed by atoms with E-state index >= 15 is 0 Å². The lowest BCUT2D eigenvalue weighted by molar-refractivity contribution is -0.144. The van der Waals surface area contributed by atoms with Crippen molar-refractivity contribution in [2.45, 2.75) is 44.2 Å². The second kappa shape index (κ2) is 7.13. The molecule has 1 aromatic carbocycles. The average molecular weight is 315 g/mol. The van der Waals surface area contributed by atoms with Crippen LogP contribution >= 0.6 is 0 Å². The maximum Gasteiger partial charge on any atom is 0.245 e. The summed E-state index contributed by atoms with van der Waals surface area (Å²) in [5.74, 6) is 0.163. The van der Waals surface area contributed by atoms with Crippen LogP contribution in [0.4, 0.5) is 0 Å². The molecule has 0 aromatic heterocycles. The summed E-state index contributed by atoms with van der Waals surface area (Å²) in [7, 11) is 0. The standard InChI is InChI=1S/C18H25N3O2/c19-15-8-11-20(12-9-15)18(23)16-7-4-10-21(16)17(22)13-14-5-2-1-3-6-14/h1-3,5-6,15-16H,4,7-13,19H2. The van der Waals surface area contributed by atoms with Crippen molar-refractivity contribution in [1.82, 2.24) is 9.80 Å². The van der Waals surface area contributed by atoms with E-state index in [0.717, 1.165) is 44.3 Å². The molecule has 124 valence electrons. The number of hydrogen-bond acceptors (Lipinski definition) is 3. The normalized spacial score (nSPS) is 22.4. The van der Waals surface area contributed by atoms with E-state index in [0.29, 0.717) is 13.0 Å². The molecule has 1 unspecified atom stereocenters. The van der Waals surface area contributed by atoms with Gasteiger partial charge in [-0.15, -0.1) is 0 Å². The molecule has 2 saturated heterocycles. The molecule has 5 nitrogen and oxygen atoms in total. The van der Waals surface area contributed by atoms with Gasteiger partial charge in [0.2, 0.25) is 11.8 Å². The van der Waals surface area contributed by atoms with Gasteiger partial charge in [-0.3, -0.25) is 9.59 Å². The summed E-state index contributed by atoms with van der Waals surface area (Å²) in [5.41, 5.74) is 6.91. The van der Waals surface area contributed by atoms with Gasteiger partial charge in [0, 0.05) is 25.7 Å². The van der Waals surface area contributed by atoms with Gasteiger partial charge in [0.25, 0.3) is 0 Å². The first-order valence-corrected chi connectivity index (χ1v) is 8.53. The molecule has 2 heterocycles. The van der Waals surface area contributed by atoms with E-state index in [4.69, 9.17) is 5.73 Å². The minimum absolute atomic E-state index is 0.0563. The molecule has 0 aliphatic carbocycles. The molecule has 2 aliphatic rings. The van der Waals surface area contributed by atoms with Crippen molar-refractivity contribution in [1.29, 1.82) is 0 Å². The number of rotatable bonds is 3. The first-order valence-electron chi connectivity index (χ1n) is 8.53. The van der Waals surface area contributed by atoms with Crippen LogP contribution in [0.5, 0.6) is 0 Å². The number of amides is 2. The molecule has 1 atom stereocenters. The zero-order valence-corrected chi connectivity index (χ0v) is 13.5. The van der Waals surface area contributed by atoms with E-state index in [1.54, 1.807) is 4.90 Å². The lowest BCUT2D eigenvalue weighted by Gasteiger charge is -2.34. The number of nitrogens with zero attached hydrogens (tertiary/aromatic N) is 2. The quantitative estimate of drug-likeness (QED) is 0.910. The van der Waals surface area contributed by atoms with Gasteiger partial charge in [0.05, 0.1) is 6.42 Å². The number of nitrogens with two attached hydrogens (primary N) is 1. The molecule has 0 radical (unpaired) electrons. The van der Waals surface area contributed by atoms with Crippen LogP contribution in [0.2, 0.25) is 0 Å². The Balaban J connectivity index is 1.63. The lowest BCUT2D eigenvalue weighted by Crippen LogP contribution is -2.51. The maximum atomic E-state index is 12.8. The fraction of sp³-hybridized carbons (Fsp3) is 0.556. The van der Waals surface area contributed by atoms with Crippen LogP contribution in [0.3, 0.4) is 0 Å². The minimum Gasteiger partial charge on any atom is -0.341 e. The van der Waals surface area contributed by atoms with Crippen molar-refractivity contribution in [3.05, 3.63) is 35.9 Å². The Labute approximate surface area is 137 Å². The molecule has 2 amide bonds.